The number of rotatable bonds is 3. The zero-order valence-corrected chi connectivity index (χ0v) is 17.7. The molecule has 0 radical (unpaired) electrons. The van der Waals surface area contributed by atoms with Gasteiger partial charge >= 0.3 is 0 Å². The molecule has 0 amide bonds. The molecule has 3 aromatic heterocycles. The van der Waals surface area contributed by atoms with Crippen molar-refractivity contribution in [1.82, 2.24) is 19.9 Å². The van der Waals surface area contributed by atoms with Gasteiger partial charge in [-0.15, -0.1) is 11.3 Å². The van der Waals surface area contributed by atoms with Crippen molar-refractivity contribution >= 4 is 33.3 Å². The fourth-order valence-electron chi connectivity index (χ4n) is 3.71. The fourth-order valence-corrected chi connectivity index (χ4v) is 4.97. The standard InChI is InChI=1S/C22H22N6OS/c1-13-4-3-5-15(10-13)18-14(2)17-19(30-18)21(28-6-8-29-9-7-28)27-20(26-17)16-11-24-22(23)25-12-16/h3-5,10-12H,6-9H2,1-2H3,(H2,23,24,25). The van der Waals surface area contributed by atoms with Gasteiger partial charge in [0.15, 0.2) is 11.6 Å². The van der Waals surface area contributed by atoms with Gasteiger partial charge in [-0.1, -0.05) is 29.8 Å². The molecule has 8 heteroatoms. The quantitative estimate of drug-likeness (QED) is 0.540. The first-order chi connectivity index (χ1) is 14.6. The number of benzene rings is 1. The predicted octanol–water partition coefficient (Wildman–Crippen LogP) is 3.85. The van der Waals surface area contributed by atoms with Crippen molar-refractivity contribution in [2.75, 3.05) is 36.9 Å². The van der Waals surface area contributed by atoms with Gasteiger partial charge in [0.2, 0.25) is 5.95 Å². The van der Waals surface area contributed by atoms with Gasteiger partial charge in [0.25, 0.3) is 0 Å². The number of aryl methyl sites for hydroxylation is 2. The smallest absolute Gasteiger partial charge is 0.219 e. The minimum absolute atomic E-state index is 0.238. The number of morpholine rings is 1. The largest absolute Gasteiger partial charge is 0.378 e. The van der Waals surface area contributed by atoms with Crippen LogP contribution in [0.1, 0.15) is 11.1 Å². The fraction of sp³-hybridized carbons (Fsp3) is 0.273. The van der Waals surface area contributed by atoms with Crippen LogP contribution < -0.4 is 10.6 Å². The highest BCUT2D eigenvalue weighted by Gasteiger charge is 2.23. The Hall–Kier alpha value is -3.10. The molecule has 1 aromatic carbocycles. The maximum atomic E-state index is 5.66. The summed E-state index contributed by atoms with van der Waals surface area (Å²) in [4.78, 5) is 21.6. The lowest BCUT2D eigenvalue weighted by molar-refractivity contribution is 0.122. The lowest BCUT2D eigenvalue weighted by Crippen LogP contribution is -2.36. The van der Waals surface area contributed by atoms with E-state index in [2.05, 4.69) is 53.0 Å². The van der Waals surface area contributed by atoms with Crippen LogP contribution in [0.3, 0.4) is 0 Å². The van der Waals surface area contributed by atoms with E-state index in [4.69, 9.17) is 20.4 Å². The van der Waals surface area contributed by atoms with E-state index in [-0.39, 0.29) is 5.95 Å². The Bertz CT molecular complexity index is 1210. The highest BCUT2D eigenvalue weighted by atomic mass is 32.1. The van der Waals surface area contributed by atoms with Crippen molar-refractivity contribution < 1.29 is 4.74 Å². The average Bonchev–Trinajstić information content (AvgIpc) is 3.11. The van der Waals surface area contributed by atoms with Gasteiger partial charge in [-0.05, 0) is 25.0 Å². The summed E-state index contributed by atoms with van der Waals surface area (Å²) < 4.78 is 6.66. The molecule has 4 heterocycles. The highest BCUT2D eigenvalue weighted by Crippen LogP contribution is 2.42. The highest BCUT2D eigenvalue weighted by molar-refractivity contribution is 7.23. The Morgan fingerprint density at radius 2 is 1.80 bits per heavy atom. The molecule has 0 aliphatic carbocycles. The van der Waals surface area contributed by atoms with E-state index in [0.717, 1.165) is 40.3 Å². The lowest BCUT2D eigenvalue weighted by atomic mass is 10.1. The van der Waals surface area contributed by atoms with Gasteiger partial charge in [0.05, 0.1) is 29.0 Å². The molecule has 0 atom stereocenters. The molecule has 30 heavy (non-hydrogen) atoms. The molecule has 0 saturated carbocycles. The summed E-state index contributed by atoms with van der Waals surface area (Å²) in [5.41, 5.74) is 11.0. The van der Waals surface area contributed by atoms with Gasteiger partial charge in [0.1, 0.15) is 0 Å². The predicted molar refractivity (Wildman–Crippen MR) is 121 cm³/mol. The summed E-state index contributed by atoms with van der Waals surface area (Å²) in [6.45, 7) is 7.25. The van der Waals surface area contributed by atoms with Crippen LogP contribution in [0.25, 0.3) is 32.0 Å². The Morgan fingerprint density at radius 3 is 2.53 bits per heavy atom. The van der Waals surface area contributed by atoms with Crippen molar-refractivity contribution in [2.24, 2.45) is 0 Å². The average molecular weight is 419 g/mol. The van der Waals surface area contributed by atoms with Crippen LogP contribution in [0.15, 0.2) is 36.7 Å². The number of hydrogen-bond donors (Lipinski definition) is 1. The number of nitrogen functional groups attached to an aromatic ring is 1. The number of nitrogens with zero attached hydrogens (tertiary/aromatic N) is 5. The van der Waals surface area contributed by atoms with Crippen LogP contribution >= 0.6 is 11.3 Å². The van der Waals surface area contributed by atoms with E-state index in [0.29, 0.717) is 19.0 Å². The van der Waals surface area contributed by atoms with E-state index in [1.54, 1.807) is 23.7 Å². The Morgan fingerprint density at radius 1 is 1.03 bits per heavy atom. The summed E-state index contributed by atoms with van der Waals surface area (Å²) >= 11 is 1.75. The van der Waals surface area contributed by atoms with Crippen LogP contribution in [0, 0.1) is 13.8 Å². The SMILES string of the molecule is Cc1cccc(-c2sc3c(N4CCOCC4)nc(-c4cnc(N)nc4)nc3c2C)c1. The third-order valence-corrected chi connectivity index (χ3v) is 6.59. The maximum Gasteiger partial charge on any atom is 0.219 e. The molecule has 1 aliphatic heterocycles. The van der Waals surface area contributed by atoms with Crippen LogP contribution in [0.2, 0.25) is 0 Å². The van der Waals surface area contributed by atoms with Crippen molar-refractivity contribution in [3.63, 3.8) is 0 Å². The van der Waals surface area contributed by atoms with Crippen molar-refractivity contribution in [3.05, 3.63) is 47.8 Å². The van der Waals surface area contributed by atoms with Gasteiger partial charge in [0, 0.05) is 30.4 Å². The molecular weight excluding hydrogens is 396 g/mol. The van der Waals surface area contributed by atoms with E-state index in [1.165, 1.54) is 16.0 Å². The van der Waals surface area contributed by atoms with Crippen molar-refractivity contribution in [2.45, 2.75) is 13.8 Å². The molecule has 5 rings (SSSR count). The molecule has 7 nitrogen and oxygen atoms in total. The number of ether oxygens (including phenoxy) is 1. The summed E-state index contributed by atoms with van der Waals surface area (Å²) in [6.07, 6.45) is 3.35. The zero-order valence-electron chi connectivity index (χ0n) is 16.9. The molecule has 1 fully saturated rings. The second-order valence-electron chi connectivity index (χ2n) is 7.40. The molecule has 4 aromatic rings. The third kappa shape index (κ3) is 3.38. The van der Waals surface area contributed by atoms with Gasteiger partial charge in [-0.2, -0.15) is 0 Å². The van der Waals surface area contributed by atoms with Crippen LogP contribution in [-0.2, 0) is 4.74 Å². The zero-order chi connectivity index (χ0) is 20.7. The molecule has 1 saturated heterocycles. The monoisotopic (exact) mass is 418 g/mol. The number of nitrogens with two attached hydrogens (primary N) is 1. The third-order valence-electron chi connectivity index (χ3n) is 5.27. The van der Waals surface area contributed by atoms with Gasteiger partial charge in [-0.25, -0.2) is 19.9 Å². The lowest BCUT2D eigenvalue weighted by Gasteiger charge is -2.28. The Kier molecular flexibility index (Phi) is 4.80. The van der Waals surface area contributed by atoms with E-state index in [1.807, 2.05) is 0 Å². The first-order valence-electron chi connectivity index (χ1n) is 9.89. The van der Waals surface area contributed by atoms with Crippen molar-refractivity contribution in [3.8, 4) is 21.8 Å². The number of hydrogen-bond acceptors (Lipinski definition) is 8. The van der Waals surface area contributed by atoms with Crippen LogP contribution in [-0.4, -0.2) is 46.2 Å². The molecule has 1 aliphatic rings. The number of anilines is 2. The van der Waals surface area contributed by atoms with E-state index >= 15 is 0 Å². The summed E-state index contributed by atoms with van der Waals surface area (Å²) in [6, 6.07) is 8.58. The molecule has 0 bridgehead atoms. The maximum absolute atomic E-state index is 5.66. The minimum Gasteiger partial charge on any atom is -0.378 e. The summed E-state index contributed by atoms with van der Waals surface area (Å²) in [7, 11) is 0. The van der Waals surface area contributed by atoms with Crippen molar-refractivity contribution in [1.29, 1.82) is 0 Å². The molecular formula is C22H22N6OS. The number of fused-ring (bicyclic) bond motifs is 1. The van der Waals surface area contributed by atoms with Crippen LogP contribution in [0.4, 0.5) is 11.8 Å². The first-order valence-corrected chi connectivity index (χ1v) is 10.7. The number of aromatic nitrogens is 4. The Balaban J connectivity index is 1.73. The normalized spacial score (nSPS) is 14.4. The van der Waals surface area contributed by atoms with E-state index in [9.17, 15) is 0 Å². The summed E-state index contributed by atoms with van der Waals surface area (Å²) in [5.74, 6) is 1.80. The van der Waals surface area contributed by atoms with Gasteiger partial charge in [-0.3, -0.25) is 0 Å². The number of thiophene rings is 1. The van der Waals surface area contributed by atoms with E-state index < -0.39 is 0 Å². The molecule has 0 spiro atoms. The second kappa shape index (κ2) is 7.62. The van der Waals surface area contributed by atoms with Crippen LogP contribution in [0.5, 0.6) is 0 Å². The minimum atomic E-state index is 0.238. The molecule has 152 valence electrons. The molecule has 2 N–H and O–H groups in total. The Labute approximate surface area is 178 Å². The topological polar surface area (TPSA) is 90.0 Å². The van der Waals surface area contributed by atoms with Gasteiger partial charge < -0.3 is 15.4 Å². The summed E-state index contributed by atoms with van der Waals surface area (Å²) in [5, 5.41) is 0. The second-order valence-corrected chi connectivity index (χ2v) is 8.42. The molecule has 0 unspecified atom stereocenters. The first kappa shape index (κ1) is 18.9.